The molecule has 3 nitrogen and oxygen atoms in total. The molecule has 0 aromatic carbocycles. The van der Waals surface area contributed by atoms with E-state index in [4.69, 9.17) is 0 Å². The van der Waals surface area contributed by atoms with Gasteiger partial charge in [-0.1, -0.05) is 6.92 Å². The maximum absolute atomic E-state index is 11.8. The second-order valence-corrected chi connectivity index (χ2v) is 6.17. The van der Waals surface area contributed by atoms with Crippen LogP contribution in [0, 0.1) is 5.92 Å². The van der Waals surface area contributed by atoms with Gasteiger partial charge in [0.25, 0.3) is 0 Å². The Morgan fingerprint density at radius 2 is 2.14 bits per heavy atom. The highest BCUT2D eigenvalue weighted by atomic mass is 32.2. The van der Waals surface area contributed by atoms with Crippen LogP contribution < -0.4 is 0 Å². The van der Waals surface area contributed by atoms with Crippen molar-refractivity contribution in [2.24, 2.45) is 5.92 Å². The third-order valence-electron chi connectivity index (χ3n) is 2.63. The summed E-state index contributed by atoms with van der Waals surface area (Å²) < 4.78 is 13.7. The molecule has 0 amide bonds. The molecule has 2 unspecified atom stereocenters. The molecule has 0 N–H and O–H groups in total. The number of rotatable bonds is 2. The van der Waals surface area contributed by atoms with Gasteiger partial charge in [0.15, 0.2) is 0 Å². The predicted molar refractivity (Wildman–Crippen MR) is 58.3 cm³/mol. The van der Waals surface area contributed by atoms with Crippen molar-refractivity contribution in [1.29, 1.82) is 0 Å². The van der Waals surface area contributed by atoms with Gasteiger partial charge in [-0.15, -0.1) is 4.31 Å². The molecule has 0 radical (unpaired) electrons. The highest BCUT2D eigenvalue weighted by Gasteiger charge is 2.28. The molecule has 1 aliphatic heterocycles. The molecule has 0 bridgehead atoms. The van der Waals surface area contributed by atoms with E-state index in [0.29, 0.717) is 18.7 Å². The Balaban J connectivity index is 2.53. The molecule has 14 heavy (non-hydrogen) atoms. The minimum Gasteiger partial charge on any atom is -0.598 e. The standard InChI is InChI=1S/C10H19NO2S/c1-8(2)14(13)11-6-4-9(3)10(12)5-7-11/h8-9H,4-7H2,1-3H3. The van der Waals surface area contributed by atoms with Crippen molar-refractivity contribution in [2.75, 3.05) is 13.1 Å². The van der Waals surface area contributed by atoms with Crippen LogP contribution >= 0.6 is 0 Å². The van der Waals surface area contributed by atoms with Crippen LogP contribution in [0.5, 0.6) is 0 Å². The van der Waals surface area contributed by atoms with E-state index in [1.165, 1.54) is 0 Å². The Bertz CT molecular complexity index is 208. The maximum atomic E-state index is 11.8. The summed E-state index contributed by atoms with van der Waals surface area (Å²) in [5, 5.41) is 0.151. The van der Waals surface area contributed by atoms with Gasteiger partial charge in [0.2, 0.25) is 0 Å². The summed E-state index contributed by atoms with van der Waals surface area (Å²) in [4.78, 5) is 11.4. The van der Waals surface area contributed by atoms with Crippen molar-refractivity contribution in [3.8, 4) is 0 Å². The van der Waals surface area contributed by atoms with Gasteiger partial charge in [0, 0.05) is 30.2 Å². The predicted octanol–water partition coefficient (Wildman–Crippen LogP) is 1.36. The first kappa shape index (κ1) is 12.0. The minimum atomic E-state index is -0.918. The number of hydrogen-bond acceptors (Lipinski definition) is 3. The molecule has 1 aliphatic rings. The summed E-state index contributed by atoms with van der Waals surface area (Å²) >= 11 is -0.918. The monoisotopic (exact) mass is 217 g/mol. The van der Waals surface area contributed by atoms with Gasteiger partial charge in [-0.05, 0) is 20.3 Å². The molecule has 1 heterocycles. The number of carbonyl (C=O) groups excluding carboxylic acids is 1. The fraction of sp³-hybridized carbons (Fsp3) is 0.900. The van der Waals surface area contributed by atoms with E-state index < -0.39 is 11.4 Å². The van der Waals surface area contributed by atoms with E-state index in [1.54, 1.807) is 0 Å². The Hall–Kier alpha value is -0.0600. The Morgan fingerprint density at radius 1 is 1.50 bits per heavy atom. The van der Waals surface area contributed by atoms with E-state index in [2.05, 4.69) is 0 Å². The second kappa shape index (κ2) is 5.14. The lowest BCUT2D eigenvalue weighted by Gasteiger charge is -2.25. The fourth-order valence-corrected chi connectivity index (χ4v) is 2.72. The Kier molecular flexibility index (Phi) is 4.41. The molecule has 4 heteroatoms. The van der Waals surface area contributed by atoms with Crippen LogP contribution in [0.3, 0.4) is 0 Å². The SMILES string of the molecule is CC1CCN([S+]([O-])C(C)C)CCC1=O. The lowest BCUT2D eigenvalue weighted by molar-refractivity contribution is -0.121. The minimum absolute atomic E-state index is 0.143. The number of nitrogens with zero attached hydrogens (tertiary/aromatic N) is 1. The van der Waals surface area contributed by atoms with Crippen molar-refractivity contribution >= 4 is 17.1 Å². The third kappa shape index (κ3) is 2.97. The van der Waals surface area contributed by atoms with E-state index >= 15 is 0 Å². The van der Waals surface area contributed by atoms with Crippen LogP contribution in [0.1, 0.15) is 33.6 Å². The molecule has 0 spiro atoms. The van der Waals surface area contributed by atoms with Crippen LogP contribution in [-0.2, 0) is 16.2 Å². The Labute approximate surface area is 89.2 Å². The smallest absolute Gasteiger partial charge is 0.137 e. The average molecular weight is 217 g/mol. The van der Waals surface area contributed by atoms with Crippen molar-refractivity contribution in [3.63, 3.8) is 0 Å². The van der Waals surface area contributed by atoms with Crippen LogP contribution in [-0.4, -0.2) is 33.0 Å². The lowest BCUT2D eigenvalue weighted by Crippen LogP contribution is -2.37. The molecule has 0 aliphatic carbocycles. The van der Waals surface area contributed by atoms with E-state index in [-0.39, 0.29) is 11.2 Å². The summed E-state index contributed by atoms with van der Waals surface area (Å²) in [7, 11) is 0. The first-order valence-electron chi connectivity index (χ1n) is 5.20. The van der Waals surface area contributed by atoms with E-state index in [9.17, 15) is 9.35 Å². The average Bonchev–Trinajstić information content (AvgIpc) is 2.30. The topological polar surface area (TPSA) is 43.4 Å². The normalized spacial score (nSPS) is 27.8. The first-order chi connectivity index (χ1) is 6.52. The van der Waals surface area contributed by atoms with Crippen LogP contribution in [0.2, 0.25) is 0 Å². The number of carbonyl (C=O) groups is 1. The van der Waals surface area contributed by atoms with E-state index in [1.807, 2.05) is 25.1 Å². The summed E-state index contributed by atoms with van der Waals surface area (Å²) in [6.07, 6.45) is 1.40. The number of hydrogen-bond donors (Lipinski definition) is 0. The van der Waals surface area contributed by atoms with Gasteiger partial charge < -0.3 is 4.55 Å². The summed E-state index contributed by atoms with van der Waals surface area (Å²) in [5.41, 5.74) is 0. The number of Topliss-reactive ketones (excluding diaryl/α,β-unsaturated/α-hetero) is 1. The molecular weight excluding hydrogens is 198 g/mol. The van der Waals surface area contributed by atoms with Gasteiger partial charge in [-0.2, -0.15) is 0 Å². The number of ketones is 1. The molecule has 0 saturated carbocycles. The molecule has 0 aromatic heterocycles. The quantitative estimate of drug-likeness (QED) is 0.656. The zero-order valence-corrected chi connectivity index (χ0v) is 9.97. The highest BCUT2D eigenvalue weighted by Crippen LogP contribution is 2.18. The molecule has 1 rings (SSSR count). The molecule has 1 saturated heterocycles. The zero-order chi connectivity index (χ0) is 10.7. The first-order valence-corrected chi connectivity index (χ1v) is 6.37. The largest absolute Gasteiger partial charge is 0.598 e. The van der Waals surface area contributed by atoms with Gasteiger partial charge in [0.1, 0.15) is 11.0 Å². The summed E-state index contributed by atoms with van der Waals surface area (Å²) in [5.74, 6) is 0.456. The van der Waals surface area contributed by atoms with Gasteiger partial charge >= 0.3 is 0 Å². The van der Waals surface area contributed by atoms with Crippen molar-refractivity contribution in [3.05, 3.63) is 0 Å². The third-order valence-corrected chi connectivity index (χ3v) is 4.31. The van der Waals surface area contributed by atoms with E-state index in [0.717, 1.165) is 13.0 Å². The zero-order valence-electron chi connectivity index (χ0n) is 9.16. The molecule has 2 atom stereocenters. The van der Waals surface area contributed by atoms with Crippen LogP contribution in [0.25, 0.3) is 0 Å². The molecule has 82 valence electrons. The second-order valence-electron chi connectivity index (χ2n) is 4.16. The molecule has 0 aromatic rings. The maximum Gasteiger partial charge on any atom is 0.137 e. The van der Waals surface area contributed by atoms with Crippen molar-refractivity contribution in [1.82, 2.24) is 4.31 Å². The summed E-state index contributed by atoms with van der Waals surface area (Å²) in [6.45, 7) is 7.31. The lowest BCUT2D eigenvalue weighted by atomic mass is 10.0. The molecular formula is C10H19NO2S. The Morgan fingerprint density at radius 3 is 2.71 bits per heavy atom. The van der Waals surface area contributed by atoms with Gasteiger partial charge in [0.05, 0.1) is 6.54 Å². The van der Waals surface area contributed by atoms with Crippen molar-refractivity contribution in [2.45, 2.75) is 38.9 Å². The molecule has 1 fully saturated rings. The van der Waals surface area contributed by atoms with Crippen LogP contribution in [0.15, 0.2) is 0 Å². The van der Waals surface area contributed by atoms with Gasteiger partial charge in [-0.25, -0.2) is 0 Å². The van der Waals surface area contributed by atoms with Crippen LogP contribution in [0.4, 0.5) is 0 Å². The fourth-order valence-electron chi connectivity index (χ4n) is 1.57. The summed E-state index contributed by atoms with van der Waals surface area (Å²) in [6, 6.07) is 0. The van der Waals surface area contributed by atoms with Crippen molar-refractivity contribution < 1.29 is 9.35 Å². The highest BCUT2D eigenvalue weighted by molar-refractivity contribution is 7.89. The van der Waals surface area contributed by atoms with Gasteiger partial charge in [-0.3, -0.25) is 4.79 Å².